The van der Waals surface area contributed by atoms with Gasteiger partial charge in [-0.25, -0.2) is 0 Å². The largest absolute Gasteiger partial charge is 0.399 e. The number of rotatable bonds is 5. The fourth-order valence-electron chi connectivity index (χ4n) is 2.60. The number of nitrogen functional groups attached to an aromatic ring is 1. The summed E-state index contributed by atoms with van der Waals surface area (Å²) in [5.74, 6) is 0.257. The van der Waals surface area contributed by atoms with Crippen molar-refractivity contribution in [2.45, 2.75) is 38.2 Å². The van der Waals surface area contributed by atoms with Crippen LogP contribution in [0.25, 0.3) is 0 Å². The molecule has 2 rings (SSSR count). The second-order valence-electron chi connectivity index (χ2n) is 5.26. The van der Waals surface area contributed by atoms with Gasteiger partial charge < -0.3 is 16.2 Å². The van der Waals surface area contributed by atoms with Crippen molar-refractivity contribution in [1.29, 1.82) is 0 Å². The molecule has 0 bridgehead atoms. The van der Waals surface area contributed by atoms with Gasteiger partial charge in [0.15, 0.2) is 0 Å². The zero-order valence-electron chi connectivity index (χ0n) is 11.1. The molecule has 1 amide bonds. The molecule has 1 fully saturated rings. The van der Waals surface area contributed by atoms with Gasteiger partial charge in [0.2, 0.25) is 5.91 Å². The molecule has 0 saturated heterocycles. The fraction of sp³-hybridized carbons (Fsp3) is 0.533. The van der Waals surface area contributed by atoms with Crippen molar-refractivity contribution in [3.8, 4) is 0 Å². The number of nitrogens with two attached hydrogens (primary N) is 1. The van der Waals surface area contributed by atoms with Crippen LogP contribution in [0.4, 0.5) is 5.69 Å². The summed E-state index contributed by atoms with van der Waals surface area (Å²) < 4.78 is 0. The summed E-state index contributed by atoms with van der Waals surface area (Å²) in [6.07, 6.45) is 3.78. The van der Waals surface area contributed by atoms with E-state index in [4.69, 9.17) is 5.73 Å². The van der Waals surface area contributed by atoms with Crippen LogP contribution in [0.15, 0.2) is 24.3 Å². The molecule has 1 aliphatic carbocycles. The van der Waals surface area contributed by atoms with E-state index >= 15 is 0 Å². The van der Waals surface area contributed by atoms with Gasteiger partial charge in [-0.15, -0.1) is 0 Å². The minimum atomic E-state index is -0.245. The van der Waals surface area contributed by atoms with Crippen LogP contribution < -0.4 is 11.1 Å². The molecule has 4 N–H and O–H groups in total. The van der Waals surface area contributed by atoms with E-state index in [1.165, 1.54) is 0 Å². The Hall–Kier alpha value is -1.55. The Labute approximate surface area is 114 Å². The Bertz CT molecular complexity index is 434. The first-order chi connectivity index (χ1) is 9.16. The van der Waals surface area contributed by atoms with Crippen molar-refractivity contribution in [3.63, 3.8) is 0 Å². The number of hydrogen-bond acceptors (Lipinski definition) is 3. The number of carbonyl (C=O) groups excluding carboxylic acids is 1. The summed E-state index contributed by atoms with van der Waals surface area (Å²) >= 11 is 0. The molecule has 0 spiro atoms. The zero-order valence-corrected chi connectivity index (χ0v) is 11.1. The van der Waals surface area contributed by atoms with Crippen molar-refractivity contribution < 1.29 is 9.90 Å². The molecular formula is C15H22N2O2. The highest BCUT2D eigenvalue weighted by Crippen LogP contribution is 2.24. The molecule has 104 valence electrons. The van der Waals surface area contributed by atoms with E-state index in [9.17, 15) is 9.90 Å². The molecule has 19 heavy (non-hydrogen) atoms. The molecule has 0 heterocycles. The second kappa shape index (κ2) is 6.57. The number of nitrogens with one attached hydrogen (secondary N) is 1. The zero-order chi connectivity index (χ0) is 13.7. The van der Waals surface area contributed by atoms with Crippen molar-refractivity contribution in [2.24, 2.45) is 5.92 Å². The molecule has 1 aromatic carbocycles. The van der Waals surface area contributed by atoms with Crippen LogP contribution in [-0.4, -0.2) is 23.7 Å². The highest BCUT2D eigenvalue weighted by Gasteiger charge is 2.25. The number of anilines is 1. The number of amides is 1. The maximum atomic E-state index is 11.8. The molecule has 4 heteroatoms. The number of aryl methyl sites for hydroxylation is 1. The molecular weight excluding hydrogens is 240 g/mol. The van der Waals surface area contributed by atoms with Gasteiger partial charge in [-0.05, 0) is 30.9 Å². The number of carbonyl (C=O) groups is 1. The molecule has 0 aliphatic heterocycles. The van der Waals surface area contributed by atoms with E-state index in [0.29, 0.717) is 19.4 Å². The van der Waals surface area contributed by atoms with E-state index < -0.39 is 0 Å². The van der Waals surface area contributed by atoms with Crippen LogP contribution in [0.3, 0.4) is 0 Å². The Morgan fingerprint density at radius 1 is 1.37 bits per heavy atom. The molecule has 1 aromatic rings. The Balaban J connectivity index is 1.71. The van der Waals surface area contributed by atoms with Gasteiger partial charge in [0.1, 0.15) is 0 Å². The van der Waals surface area contributed by atoms with Crippen LogP contribution in [-0.2, 0) is 11.2 Å². The highest BCUT2D eigenvalue weighted by atomic mass is 16.3. The first-order valence-electron chi connectivity index (χ1n) is 6.95. The number of aliphatic hydroxyl groups is 1. The lowest BCUT2D eigenvalue weighted by Crippen LogP contribution is -2.32. The van der Waals surface area contributed by atoms with E-state index in [-0.39, 0.29) is 17.9 Å². The van der Waals surface area contributed by atoms with Crippen LogP contribution in [0, 0.1) is 5.92 Å². The lowest BCUT2D eigenvalue weighted by molar-refractivity contribution is -0.121. The van der Waals surface area contributed by atoms with Crippen molar-refractivity contribution in [1.82, 2.24) is 5.32 Å². The summed E-state index contributed by atoms with van der Waals surface area (Å²) in [6.45, 7) is 0.588. The molecule has 2 atom stereocenters. The van der Waals surface area contributed by atoms with Crippen LogP contribution in [0.1, 0.15) is 31.2 Å². The summed E-state index contributed by atoms with van der Waals surface area (Å²) in [6, 6.07) is 7.62. The Morgan fingerprint density at radius 2 is 2.16 bits per heavy atom. The minimum absolute atomic E-state index is 0.0300. The van der Waals surface area contributed by atoms with E-state index in [1.807, 2.05) is 24.3 Å². The fourth-order valence-corrected chi connectivity index (χ4v) is 2.60. The summed E-state index contributed by atoms with van der Waals surface area (Å²) in [5.41, 5.74) is 7.58. The topological polar surface area (TPSA) is 75.4 Å². The first-order valence-corrected chi connectivity index (χ1v) is 6.95. The summed E-state index contributed by atoms with van der Waals surface area (Å²) in [5, 5.41) is 12.6. The maximum absolute atomic E-state index is 11.8. The lowest BCUT2D eigenvalue weighted by atomic mass is 10.1. The third-order valence-electron chi connectivity index (χ3n) is 3.86. The average molecular weight is 262 g/mol. The number of hydrogen-bond donors (Lipinski definition) is 3. The van der Waals surface area contributed by atoms with Crippen molar-refractivity contribution in [2.75, 3.05) is 12.3 Å². The van der Waals surface area contributed by atoms with E-state index in [2.05, 4.69) is 5.32 Å². The molecule has 1 aliphatic rings. The van der Waals surface area contributed by atoms with Gasteiger partial charge in [-0.2, -0.15) is 0 Å². The standard InChI is InChI=1S/C15H22N2O2/c16-13-6-2-1-4-11(13)8-9-15(19)17-10-12-5-3-7-14(12)18/h1-2,4,6,12,14,18H,3,5,7-10,16H2,(H,17,19). The maximum Gasteiger partial charge on any atom is 0.220 e. The summed E-state index contributed by atoms with van der Waals surface area (Å²) in [4.78, 5) is 11.8. The van der Waals surface area contributed by atoms with Gasteiger partial charge in [0.05, 0.1) is 6.10 Å². The molecule has 1 saturated carbocycles. The lowest BCUT2D eigenvalue weighted by Gasteiger charge is -2.15. The van der Waals surface area contributed by atoms with Crippen molar-refractivity contribution in [3.05, 3.63) is 29.8 Å². The van der Waals surface area contributed by atoms with Crippen LogP contribution in [0.5, 0.6) is 0 Å². The van der Waals surface area contributed by atoms with E-state index in [0.717, 1.165) is 30.5 Å². The minimum Gasteiger partial charge on any atom is -0.399 e. The number of benzene rings is 1. The van der Waals surface area contributed by atoms with Gasteiger partial charge in [-0.3, -0.25) is 4.79 Å². The Morgan fingerprint density at radius 3 is 2.84 bits per heavy atom. The van der Waals surface area contributed by atoms with Crippen LogP contribution >= 0.6 is 0 Å². The Kier molecular flexibility index (Phi) is 4.80. The normalized spacial score (nSPS) is 22.4. The van der Waals surface area contributed by atoms with Gasteiger partial charge in [0, 0.05) is 24.6 Å². The van der Waals surface area contributed by atoms with Crippen molar-refractivity contribution >= 4 is 11.6 Å². The molecule has 0 radical (unpaired) electrons. The quantitative estimate of drug-likeness (QED) is 0.704. The number of aliphatic hydroxyl groups excluding tert-OH is 1. The second-order valence-corrected chi connectivity index (χ2v) is 5.26. The SMILES string of the molecule is Nc1ccccc1CCC(=O)NCC1CCCC1O. The van der Waals surface area contributed by atoms with Gasteiger partial charge in [-0.1, -0.05) is 24.6 Å². The first kappa shape index (κ1) is 13.9. The third-order valence-corrected chi connectivity index (χ3v) is 3.86. The van der Waals surface area contributed by atoms with E-state index in [1.54, 1.807) is 0 Å². The third kappa shape index (κ3) is 3.96. The summed E-state index contributed by atoms with van der Waals surface area (Å²) in [7, 11) is 0. The number of para-hydroxylation sites is 1. The molecule has 4 nitrogen and oxygen atoms in total. The highest BCUT2D eigenvalue weighted by molar-refractivity contribution is 5.76. The molecule has 2 unspecified atom stereocenters. The predicted molar refractivity (Wildman–Crippen MR) is 75.5 cm³/mol. The smallest absolute Gasteiger partial charge is 0.220 e. The van der Waals surface area contributed by atoms with Gasteiger partial charge >= 0.3 is 0 Å². The van der Waals surface area contributed by atoms with Gasteiger partial charge in [0.25, 0.3) is 0 Å². The van der Waals surface area contributed by atoms with Crippen LogP contribution in [0.2, 0.25) is 0 Å². The predicted octanol–water partition coefficient (Wildman–Crippen LogP) is 1.48. The molecule has 0 aromatic heterocycles. The monoisotopic (exact) mass is 262 g/mol. The average Bonchev–Trinajstić information content (AvgIpc) is 2.81.